The Hall–Kier alpha value is -2.01. The molecule has 2 saturated heterocycles. The number of likely N-dealkylation sites (tertiary alicyclic amines) is 1. The summed E-state index contributed by atoms with van der Waals surface area (Å²) in [5.74, 6) is 2.04. The lowest BCUT2D eigenvalue weighted by molar-refractivity contribution is -0.135. The fourth-order valence-electron chi connectivity index (χ4n) is 3.42. The Bertz CT molecular complexity index is 702. The lowest BCUT2D eigenvalue weighted by atomic mass is 9.92. The molecule has 0 unspecified atom stereocenters. The normalized spacial score (nSPS) is 21.5. The van der Waals surface area contributed by atoms with Crippen molar-refractivity contribution in [1.82, 2.24) is 9.88 Å². The van der Waals surface area contributed by atoms with Gasteiger partial charge in [-0.3, -0.25) is 9.78 Å². The minimum Gasteiger partial charge on any atom is -0.488 e. The van der Waals surface area contributed by atoms with E-state index in [2.05, 4.69) is 4.98 Å². The highest BCUT2D eigenvalue weighted by atomic mass is 32.2. The highest BCUT2D eigenvalue weighted by molar-refractivity contribution is 8.01. The molecule has 1 atom stereocenters. The van der Waals surface area contributed by atoms with Gasteiger partial charge in [-0.2, -0.15) is 0 Å². The van der Waals surface area contributed by atoms with E-state index in [0.717, 1.165) is 36.6 Å². The van der Waals surface area contributed by atoms with Crippen LogP contribution in [0.5, 0.6) is 5.75 Å². The summed E-state index contributed by atoms with van der Waals surface area (Å²) in [7, 11) is 0. The van der Waals surface area contributed by atoms with Crippen molar-refractivity contribution in [3.05, 3.63) is 60.4 Å². The quantitative estimate of drug-likeness (QED) is 0.858. The first-order valence-corrected chi connectivity index (χ1v) is 9.23. The summed E-state index contributed by atoms with van der Waals surface area (Å²) in [6.07, 6.45) is 5.22. The Morgan fingerprint density at radius 2 is 2.08 bits per heavy atom. The van der Waals surface area contributed by atoms with Crippen LogP contribution in [-0.4, -0.2) is 45.5 Å². The van der Waals surface area contributed by atoms with Crippen LogP contribution in [0.15, 0.2) is 54.9 Å². The van der Waals surface area contributed by atoms with E-state index in [-0.39, 0.29) is 16.8 Å². The lowest BCUT2D eigenvalue weighted by Gasteiger charge is -2.47. The first-order chi connectivity index (χ1) is 11.7. The van der Waals surface area contributed by atoms with E-state index in [9.17, 15) is 4.79 Å². The van der Waals surface area contributed by atoms with Gasteiger partial charge in [-0.15, -0.1) is 11.8 Å². The first-order valence-electron chi connectivity index (χ1n) is 8.25. The molecule has 0 saturated carbocycles. The maximum atomic E-state index is 12.4. The van der Waals surface area contributed by atoms with Crippen LogP contribution in [0.4, 0.5) is 0 Å². The van der Waals surface area contributed by atoms with Crippen molar-refractivity contribution in [3.8, 4) is 5.75 Å². The molecule has 124 valence electrons. The SMILES string of the molecule is O=C(Cc1ccccc1)N1CC2(C[C@H](Oc3cccnc3)CS2)C1. The number of pyridine rings is 1. The molecule has 1 aromatic heterocycles. The van der Waals surface area contributed by atoms with Gasteiger partial charge in [-0.05, 0) is 17.7 Å². The van der Waals surface area contributed by atoms with E-state index >= 15 is 0 Å². The molecule has 4 rings (SSSR count). The smallest absolute Gasteiger partial charge is 0.227 e. The van der Waals surface area contributed by atoms with Crippen molar-refractivity contribution in [2.75, 3.05) is 18.8 Å². The molecule has 1 amide bonds. The highest BCUT2D eigenvalue weighted by Crippen LogP contribution is 2.46. The number of aromatic nitrogens is 1. The van der Waals surface area contributed by atoms with Crippen LogP contribution in [0.25, 0.3) is 0 Å². The minimum atomic E-state index is 0.194. The number of nitrogens with zero attached hydrogens (tertiary/aromatic N) is 2. The summed E-state index contributed by atoms with van der Waals surface area (Å²) in [6.45, 7) is 1.69. The maximum absolute atomic E-state index is 12.4. The van der Waals surface area contributed by atoms with Crippen LogP contribution in [0.1, 0.15) is 12.0 Å². The van der Waals surface area contributed by atoms with E-state index in [1.807, 2.05) is 59.1 Å². The molecule has 24 heavy (non-hydrogen) atoms. The third-order valence-corrected chi connectivity index (χ3v) is 6.20. The molecular formula is C19H20N2O2S. The molecule has 0 bridgehead atoms. The van der Waals surface area contributed by atoms with Gasteiger partial charge < -0.3 is 9.64 Å². The monoisotopic (exact) mass is 340 g/mol. The van der Waals surface area contributed by atoms with E-state index in [4.69, 9.17) is 4.74 Å². The van der Waals surface area contributed by atoms with Gasteiger partial charge in [0.1, 0.15) is 11.9 Å². The van der Waals surface area contributed by atoms with Crippen LogP contribution in [0.3, 0.4) is 0 Å². The van der Waals surface area contributed by atoms with Gasteiger partial charge in [0.05, 0.1) is 17.4 Å². The zero-order chi connectivity index (χ0) is 16.4. The van der Waals surface area contributed by atoms with Crippen LogP contribution in [0.2, 0.25) is 0 Å². The number of benzene rings is 1. The van der Waals surface area contributed by atoms with Gasteiger partial charge in [0.2, 0.25) is 5.91 Å². The van der Waals surface area contributed by atoms with Gasteiger partial charge in [0.15, 0.2) is 0 Å². The number of carbonyl (C=O) groups is 1. The topological polar surface area (TPSA) is 42.4 Å². The molecule has 3 heterocycles. The summed E-state index contributed by atoms with van der Waals surface area (Å²) in [6, 6.07) is 13.8. The van der Waals surface area contributed by atoms with Gasteiger partial charge in [-0.25, -0.2) is 0 Å². The van der Waals surface area contributed by atoms with Crippen molar-refractivity contribution in [3.63, 3.8) is 0 Å². The fraction of sp³-hybridized carbons (Fsp3) is 0.368. The molecule has 5 heteroatoms. The molecule has 2 fully saturated rings. The molecule has 1 spiro atoms. The molecule has 2 aliphatic rings. The van der Waals surface area contributed by atoms with Gasteiger partial charge in [0, 0.05) is 31.5 Å². The molecule has 4 nitrogen and oxygen atoms in total. The van der Waals surface area contributed by atoms with Crippen molar-refractivity contribution in [1.29, 1.82) is 0 Å². The molecule has 0 aliphatic carbocycles. The highest BCUT2D eigenvalue weighted by Gasteiger charge is 2.51. The molecule has 2 aliphatic heterocycles. The predicted octanol–water partition coefficient (Wildman–Crippen LogP) is 2.79. The second kappa shape index (κ2) is 6.48. The van der Waals surface area contributed by atoms with Gasteiger partial charge in [0.25, 0.3) is 0 Å². The van der Waals surface area contributed by atoms with E-state index in [1.54, 1.807) is 12.4 Å². The van der Waals surface area contributed by atoms with E-state index in [1.165, 1.54) is 0 Å². The summed E-state index contributed by atoms with van der Waals surface area (Å²) in [4.78, 5) is 18.5. The Kier molecular flexibility index (Phi) is 4.19. The van der Waals surface area contributed by atoms with Gasteiger partial charge >= 0.3 is 0 Å². The second-order valence-corrected chi connectivity index (χ2v) is 8.03. The fourth-order valence-corrected chi connectivity index (χ4v) is 4.94. The van der Waals surface area contributed by atoms with Crippen molar-refractivity contribution >= 4 is 17.7 Å². The zero-order valence-corrected chi connectivity index (χ0v) is 14.2. The minimum absolute atomic E-state index is 0.194. The van der Waals surface area contributed by atoms with Crippen LogP contribution < -0.4 is 4.74 Å². The third-order valence-electron chi connectivity index (χ3n) is 4.62. The standard InChI is InChI=1S/C19H20N2O2S/c22-18(9-15-5-2-1-3-6-15)21-13-19(14-21)10-17(12-24-19)23-16-7-4-8-20-11-16/h1-8,11,17H,9-10,12-14H2/t17-/m0/s1. The second-order valence-electron chi connectivity index (χ2n) is 6.54. The van der Waals surface area contributed by atoms with Crippen LogP contribution in [0, 0.1) is 0 Å². The Labute approximate surface area is 146 Å². The van der Waals surface area contributed by atoms with Crippen LogP contribution >= 0.6 is 11.8 Å². The summed E-state index contributed by atoms with van der Waals surface area (Å²) in [5.41, 5.74) is 1.08. The Balaban J connectivity index is 1.28. The number of hydrogen-bond donors (Lipinski definition) is 0. The molecule has 0 N–H and O–H groups in total. The summed E-state index contributed by atoms with van der Waals surface area (Å²) >= 11 is 1.95. The summed E-state index contributed by atoms with van der Waals surface area (Å²) < 4.78 is 6.20. The molecule has 0 radical (unpaired) electrons. The number of carbonyl (C=O) groups excluding carboxylic acids is 1. The van der Waals surface area contributed by atoms with Gasteiger partial charge in [-0.1, -0.05) is 30.3 Å². The molecule has 2 aromatic rings. The molecule has 1 aromatic carbocycles. The van der Waals surface area contributed by atoms with E-state index < -0.39 is 0 Å². The number of amides is 1. The average Bonchev–Trinajstić information content (AvgIpc) is 2.99. The first kappa shape index (κ1) is 15.5. The zero-order valence-electron chi connectivity index (χ0n) is 13.4. The van der Waals surface area contributed by atoms with Crippen molar-refractivity contribution in [2.24, 2.45) is 0 Å². The number of rotatable bonds is 4. The predicted molar refractivity (Wildman–Crippen MR) is 95.2 cm³/mol. The number of thioether (sulfide) groups is 1. The van der Waals surface area contributed by atoms with Crippen molar-refractivity contribution in [2.45, 2.75) is 23.7 Å². The third kappa shape index (κ3) is 3.26. The Morgan fingerprint density at radius 3 is 2.83 bits per heavy atom. The van der Waals surface area contributed by atoms with Crippen molar-refractivity contribution < 1.29 is 9.53 Å². The Morgan fingerprint density at radius 1 is 1.25 bits per heavy atom. The lowest BCUT2D eigenvalue weighted by Crippen LogP contribution is -2.61. The largest absolute Gasteiger partial charge is 0.488 e. The van der Waals surface area contributed by atoms with E-state index in [0.29, 0.717) is 6.42 Å². The maximum Gasteiger partial charge on any atom is 0.227 e. The number of hydrogen-bond acceptors (Lipinski definition) is 4. The molecular weight excluding hydrogens is 320 g/mol. The number of ether oxygens (including phenoxy) is 1. The summed E-state index contributed by atoms with van der Waals surface area (Å²) in [5, 5.41) is 0. The van der Waals surface area contributed by atoms with Crippen LogP contribution in [-0.2, 0) is 11.2 Å². The average molecular weight is 340 g/mol.